The molecule has 2 aromatic heterocycles. The van der Waals surface area contributed by atoms with Crippen LogP contribution in [0.4, 0.5) is 42.8 Å². The minimum atomic E-state index is -3.17. The highest BCUT2D eigenvalue weighted by molar-refractivity contribution is 7.19. The van der Waals surface area contributed by atoms with Crippen molar-refractivity contribution in [2.75, 3.05) is 42.1 Å². The topological polar surface area (TPSA) is 101 Å². The van der Waals surface area contributed by atoms with Crippen LogP contribution in [0.15, 0.2) is 24.4 Å². The number of benzene rings is 1. The van der Waals surface area contributed by atoms with Crippen molar-refractivity contribution in [3.63, 3.8) is 0 Å². The molecule has 0 bridgehead atoms. The van der Waals surface area contributed by atoms with E-state index in [0.717, 1.165) is 27.9 Å². The average Bonchev–Trinajstić information content (AvgIpc) is 3.27. The number of thiazole rings is 1. The Hall–Kier alpha value is -3.33. The third kappa shape index (κ3) is 5.35. The first-order valence-corrected chi connectivity index (χ1v) is 11.1. The lowest BCUT2D eigenvalue weighted by atomic mass is 10.2. The molecule has 1 aliphatic rings. The zero-order chi connectivity index (χ0) is 25.3. The lowest BCUT2D eigenvalue weighted by Crippen LogP contribution is -2.39. The highest BCUT2D eigenvalue weighted by Gasteiger charge is 2.36. The molecule has 0 aliphatic carbocycles. The first-order chi connectivity index (χ1) is 16.6. The van der Waals surface area contributed by atoms with Gasteiger partial charge in [0.25, 0.3) is 18.3 Å². The Bertz CT molecular complexity index is 1210. The van der Waals surface area contributed by atoms with Gasteiger partial charge in [0.05, 0.1) is 24.8 Å². The average molecular weight is 519 g/mol. The van der Waals surface area contributed by atoms with Crippen molar-refractivity contribution in [2.45, 2.75) is 18.9 Å². The number of anilines is 3. The van der Waals surface area contributed by atoms with Gasteiger partial charge in [0.2, 0.25) is 0 Å². The number of nitrogens with two attached hydrogens (primary N) is 1. The zero-order valence-corrected chi connectivity index (χ0v) is 18.7. The van der Waals surface area contributed by atoms with Gasteiger partial charge in [-0.3, -0.25) is 4.79 Å². The molecule has 0 unspecified atom stereocenters. The van der Waals surface area contributed by atoms with Crippen molar-refractivity contribution in [3.8, 4) is 10.6 Å². The number of carbonyl (C=O) groups is 1. The van der Waals surface area contributed by atoms with E-state index < -0.39 is 55.1 Å². The lowest BCUT2D eigenvalue weighted by molar-refractivity contribution is 0.0154. The molecule has 1 aliphatic heterocycles. The molecule has 3 aromatic rings. The first kappa shape index (κ1) is 24.8. The molecule has 0 atom stereocenters. The summed E-state index contributed by atoms with van der Waals surface area (Å²) in [5.41, 5.74) is 4.89. The molecular formula is C20H19F6N7OS. The molecule has 188 valence electrons. The Balaban J connectivity index is 1.66. The summed E-state index contributed by atoms with van der Waals surface area (Å²) in [5.74, 6) is -6.06. The second kappa shape index (κ2) is 9.73. The molecular weight excluding hydrogens is 500 g/mol. The molecule has 1 amide bonds. The largest absolute Gasteiger partial charge is 0.389 e. The maximum absolute atomic E-state index is 14.2. The van der Waals surface area contributed by atoms with Gasteiger partial charge in [0, 0.05) is 13.1 Å². The zero-order valence-electron chi connectivity index (χ0n) is 17.9. The monoisotopic (exact) mass is 519 g/mol. The van der Waals surface area contributed by atoms with E-state index in [1.54, 1.807) is 0 Å². The van der Waals surface area contributed by atoms with Crippen molar-refractivity contribution in [1.82, 2.24) is 20.1 Å². The number of nitrogens with zero attached hydrogens (tertiary/aromatic N) is 4. The van der Waals surface area contributed by atoms with E-state index in [0.29, 0.717) is 11.3 Å². The van der Waals surface area contributed by atoms with Crippen LogP contribution in [0.2, 0.25) is 0 Å². The second-order valence-corrected chi connectivity index (χ2v) is 8.72. The fourth-order valence-electron chi connectivity index (χ4n) is 3.63. The molecule has 35 heavy (non-hydrogen) atoms. The summed E-state index contributed by atoms with van der Waals surface area (Å²) in [5, 5.41) is 8.45. The Labute approximate surface area is 198 Å². The van der Waals surface area contributed by atoms with Crippen LogP contribution >= 0.6 is 11.3 Å². The fourth-order valence-corrected chi connectivity index (χ4v) is 4.51. The van der Waals surface area contributed by atoms with Gasteiger partial charge in [-0.1, -0.05) is 17.4 Å². The number of hydrogen-bond donors (Lipinski definition) is 3. The summed E-state index contributed by atoms with van der Waals surface area (Å²) in [7, 11) is 0. The van der Waals surface area contributed by atoms with Gasteiger partial charge >= 0.3 is 0 Å². The number of amides is 1. The molecule has 1 aromatic carbocycles. The fraction of sp³-hybridized carbons (Fsp3) is 0.350. The van der Waals surface area contributed by atoms with Crippen molar-refractivity contribution in [1.29, 1.82) is 0 Å². The smallest absolute Gasteiger partial charge is 0.277 e. The molecule has 0 saturated carbocycles. The molecule has 4 N–H and O–H groups in total. The normalized spacial score (nSPS) is 15.9. The van der Waals surface area contributed by atoms with Gasteiger partial charge in [-0.2, -0.15) is 5.10 Å². The summed E-state index contributed by atoms with van der Waals surface area (Å²) < 4.78 is 83.7. The Kier molecular flexibility index (Phi) is 6.89. The molecule has 1 fully saturated rings. The molecule has 3 heterocycles. The van der Waals surface area contributed by atoms with Gasteiger partial charge in [-0.05, 0) is 12.1 Å². The number of rotatable bonds is 6. The van der Waals surface area contributed by atoms with Gasteiger partial charge in [0.15, 0.2) is 11.5 Å². The van der Waals surface area contributed by atoms with Crippen LogP contribution in [0.25, 0.3) is 10.6 Å². The number of nitrogen functional groups attached to an aromatic ring is 1. The summed E-state index contributed by atoms with van der Waals surface area (Å²) in [4.78, 5) is 18.0. The standard InChI is InChI=1S/C20H19F6N7OS/c21-10-2-1-3-11(22)14(10)18-31-15(16(27)35-18)17(34)30-12-6-29-33(7-13(23)24)19(12)32-5-4-28-8-20(25,26)9-32/h1-3,6,13,28H,4-5,7-9,27H2,(H,30,34). The van der Waals surface area contributed by atoms with Crippen LogP contribution in [-0.2, 0) is 6.54 Å². The molecule has 0 radical (unpaired) electrons. The van der Waals surface area contributed by atoms with Crippen LogP contribution in [0.3, 0.4) is 0 Å². The van der Waals surface area contributed by atoms with Crippen LogP contribution in [-0.4, -0.2) is 59.2 Å². The second-order valence-electron chi connectivity index (χ2n) is 7.69. The van der Waals surface area contributed by atoms with Crippen molar-refractivity contribution < 1.29 is 31.1 Å². The SMILES string of the molecule is Nc1sc(-c2c(F)cccc2F)nc1C(=O)Nc1cnn(CC(F)F)c1N1CCNCC(F)(F)C1. The van der Waals surface area contributed by atoms with Crippen molar-refractivity contribution in [3.05, 3.63) is 41.7 Å². The predicted octanol–water partition coefficient (Wildman–Crippen LogP) is 3.43. The number of nitrogens with one attached hydrogen (secondary N) is 2. The number of hydrogen-bond acceptors (Lipinski definition) is 7. The quantitative estimate of drug-likeness (QED) is 0.432. The molecule has 0 spiro atoms. The van der Waals surface area contributed by atoms with Gasteiger partial charge in [-0.15, -0.1) is 0 Å². The van der Waals surface area contributed by atoms with Gasteiger partial charge in [-0.25, -0.2) is 36.0 Å². The number of aromatic nitrogens is 3. The summed E-state index contributed by atoms with van der Waals surface area (Å²) in [6, 6.07) is 3.20. The van der Waals surface area contributed by atoms with E-state index in [-0.39, 0.29) is 40.3 Å². The van der Waals surface area contributed by atoms with Gasteiger partial charge < -0.3 is 21.3 Å². The third-order valence-corrected chi connectivity index (χ3v) is 5.98. The van der Waals surface area contributed by atoms with Crippen LogP contribution in [0.5, 0.6) is 0 Å². The maximum atomic E-state index is 14.2. The predicted molar refractivity (Wildman–Crippen MR) is 118 cm³/mol. The summed E-state index contributed by atoms with van der Waals surface area (Å²) >= 11 is 0.671. The minimum absolute atomic E-state index is 0.0307. The lowest BCUT2D eigenvalue weighted by Gasteiger charge is -2.27. The van der Waals surface area contributed by atoms with E-state index in [1.807, 2.05) is 0 Å². The van der Waals surface area contributed by atoms with Crippen molar-refractivity contribution >= 4 is 33.8 Å². The summed E-state index contributed by atoms with van der Waals surface area (Å²) in [6.45, 7) is -2.12. The van der Waals surface area contributed by atoms with Gasteiger partial charge in [0.1, 0.15) is 33.9 Å². The van der Waals surface area contributed by atoms with E-state index >= 15 is 0 Å². The van der Waals surface area contributed by atoms with E-state index in [2.05, 4.69) is 20.7 Å². The Morgan fingerprint density at radius 1 is 1.29 bits per heavy atom. The minimum Gasteiger partial charge on any atom is -0.389 e. The van der Waals surface area contributed by atoms with E-state index in [1.165, 1.54) is 6.07 Å². The van der Waals surface area contributed by atoms with Crippen molar-refractivity contribution in [2.24, 2.45) is 0 Å². The van der Waals surface area contributed by atoms with Crippen LogP contribution in [0, 0.1) is 11.6 Å². The molecule has 8 nitrogen and oxygen atoms in total. The number of alkyl halides is 4. The third-order valence-electron chi connectivity index (χ3n) is 5.08. The number of halogens is 6. The number of carbonyl (C=O) groups excluding carboxylic acids is 1. The van der Waals surface area contributed by atoms with Crippen LogP contribution < -0.4 is 21.3 Å². The molecule has 4 rings (SSSR count). The molecule has 15 heteroatoms. The Morgan fingerprint density at radius 3 is 2.69 bits per heavy atom. The highest BCUT2D eigenvalue weighted by Crippen LogP contribution is 2.35. The highest BCUT2D eigenvalue weighted by atomic mass is 32.1. The summed E-state index contributed by atoms with van der Waals surface area (Å²) in [6.07, 6.45) is -1.79. The van der Waals surface area contributed by atoms with Crippen LogP contribution in [0.1, 0.15) is 10.5 Å². The Morgan fingerprint density at radius 2 is 2.00 bits per heavy atom. The maximum Gasteiger partial charge on any atom is 0.277 e. The first-order valence-electron chi connectivity index (χ1n) is 10.2. The van der Waals surface area contributed by atoms with E-state index in [4.69, 9.17) is 5.73 Å². The molecule has 1 saturated heterocycles. The van der Waals surface area contributed by atoms with E-state index in [9.17, 15) is 31.1 Å².